The normalized spacial score (nSPS) is 17.1. The van der Waals surface area contributed by atoms with Gasteiger partial charge in [0.2, 0.25) is 10.0 Å². The smallest absolute Gasteiger partial charge is 0.238 e. The Hall–Kier alpha value is -1.07. The third kappa shape index (κ3) is 2.84. The molecule has 1 saturated carbocycles. The van der Waals surface area contributed by atoms with Crippen LogP contribution in [0.25, 0.3) is 0 Å². The minimum atomic E-state index is -3.66. The molecule has 1 aliphatic rings. The summed E-state index contributed by atoms with van der Waals surface area (Å²) in [5, 5.41) is 5.20. The molecule has 0 amide bonds. The van der Waals surface area contributed by atoms with E-state index in [1.807, 2.05) is 0 Å². The van der Waals surface area contributed by atoms with E-state index < -0.39 is 10.0 Å². The minimum Gasteiger partial charge on any atom is -0.490 e. The van der Waals surface area contributed by atoms with E-state index in [1.165, 1.54) is 12.8 Å². The highest BCUT2D eigenvalue weighted by Crippen LogP contribution is 2.28. The van der Waals surface area contributed by atoms with Crippen LogP contribution in [0.4, 0.5) is 0 Å². The lowest BCUT2D eigenvalue weighted by atomic mass is 10.1. The molecule has 1 aromatic rings. The zero-order chi connectivity index (χ0) is 13.3. The van der Waals surface area contributed by atoms with Crippen molar-refractivity contribution in [2.45, 2.75) is 50.5 Å². The van der Waals surface area contributed by atoms with Gasteiger partial charge in [-0.1, -0.05) is 0 Å². The Morgan fingerprint density at radius 1 is 1.17 bits per heavy atom. The molecular formula is C13H19NO3S. The van der Waals surface area contributed by atoms with Crippen molar-refractivity contribution in [3.05, 3.63) is 23.3 Å². The number of primary sulfonamides is 1. The summed E-state index contributed by atoms with van der Waals surface area (Å²) >= 11 is 0. The highest BCUT2D eigenvalue weighted by molar-refractivity contribution is 7.89. The van der Waals surface area contributed by atoms with Gasteiger partial charge in [0.05, 0.1) is 11.0 Å². The molecule has 0 heterocycles. The van der Waals surface area contributed by atoms with Gasteiger partial charge in [-0.25, -0.2) is 13.6 Å². The molecule has 0 bridgehead atoms. The summed E-state index contributed by atoms with van der Waals surface area (Å²) in [6.45, 7) is 3.49. The predicted octanol–water partition coefficient (Wildman–Crippen LogP) is 2.27. The van der Waals surface area contributed by atoms with E-state index in [0.717, 1.165) is 18.6 Å². The lowest BCUT2D eigenvalue weighted by molar-refractivity contribution is 0.209. The summed E-state index contributed by atoms with van der Waals surface area (Å²) in [4.78, 5) is 0.210. The number of hydrogen-bond acceptors (Lipinski definition) is 3. The maximum Gasteiger partial charge on any atom is 0.238 e. The Morgan fingerprint density at radius 2 is 1.67 bits per heavy atom. The Kier molecular flexibility index (Phi) is 3.64. The van der Waals surface area contributed by atoms with Gasteiger partial charge in [-0.3, -0.25) is 0 Å². The molecule has 0 spiro atoms. The van der Waals surface area contributed by atoms with Gasteiger partial charge in [0.15, 0.2) is 0 Å². The highest BCUT2D eigenvalue weighted by atomic mass is 32.2. The van der Waals surface area contributed by atoms with Crippen molar-refractivity contribution in [3.63, 3.8) is 0 Å². The molecule has 0 aliphatic heterocycles. The first-order valence-corrected chi connectivity index (χ1v) is 7.73. The van der Waals surface area contributed by atoms with Gasteiger partial charge in [-0.05, 0) is 62.8 Å². The quantitative estimate of drug-likeness (QED) is 0.915. The van der Waals surface area contributed by atoms with Crippen LogP contribution in [0.1, 0.15) is 36.8 Å². The molecule has 2 N–H and O–H groups in total. The fourth-order valence-electron chi connectivity index (χ4n) is 2.63. The molecule has 0 radical (unpaired) electrons. The maximum absolute atomic E-state index is 11.5. The van der Waals surface area contributed by atoms with Gasteiger partial charge in [0.1, 0.15) is 5.75 Å². The summed E-state index contributed by atoms with van der Waals surface area (Å²) in [5.74, 6) is 0.740. The fraction of sp³-hybridized carbons (Fsp3) is 0.538. The lowest BCUT2D eigenvalue weighted by Gasteiger charge is -2.16. The SMILES string of the molecule is Cc1cc(OC2CCCC2)cc(C)c1S(N)(=O)=O. The van der Waals surface area contributed by atoms with Crippen LogP contribution >= 0.6 is 0 Å². The van der Waals surface area contributed by atoms with Gasteiger partial charge >= 0.3 is 0 Å². The van der Waals surface area contributed by atoms with Gasteiger partial charge in [-0.2, -0.15) is 0 Å². The maximum atomic E-state index is 11.5. The summed E-state index contributed by atoms with van der Waals surface area (Å²) < 4.78 is 28.8. The molecule has 100 valence electrons. The summed E-state index contributed by atoms with van der Waals surface area (Å²) in [7, 11) is -3.66. The molecule has 1 aliphatic carbocycles. The van der Waals surface area contributed by atoms with E-state index in [9.17, 15) is 8.42 Å². The third-order valence-electron chi connectivity index (χ3n) is 3.32. The number of nitrogens with two attached hydrogens (primary N) is 1. The van der Waals surface area contributed by atoms with Crippen molar-refractivity contribution < 1.29 is 13.2 Å². The minimum absolute atomic E-state index is 0.210. The molecule has 0 aromatic heterocycles. The molecule has 5 heteroatoms. The Bertz CT molecular complexity index is 522. The van der Waals surface area contributed by atoms with Gasteiger partial charge < -0.3 is 4.74 Å². The van der Waals surface area contributed by atoms with Crippen LogP contribution in [0.3, 0.4) is 0 Å². The van der Waals surface area contributed by atoms with Gasteiger partial charge in [-0.15, -0.1) is 0 Å². The van der Waals surface area contributed by atoms with Crippen LogP contribution in [0.5, 0.6) is 5.75 Å². The fourth-order valence-corrected chi connectivity index (χ4v) is 3.64. The predicted molar refractivity (Wildman–Crippen MR) is 70.2 cm³/mol. The van der Waals surface area contributed by atoms with E-state index in [4.69, 9.17) is 9.88 Å². The van der Waals surface area contributed by atoms with E-state index in [2.05, 4.69) is 0 Å². The lowest BCUT2D eigenvalue weighted by Crippen LogP contribution is -2.16. The van der Waals surface area contributed by atoms with Gasteiger partial charge in [0, 0.05) is 0 Å². The Labute approximate surface area is 108 Å². The van der Waals surface area contributed by atoms with Crippen LogP contribution in [0, 0.1) is 13.8 Å². The molecule has 0 unspecified atom stereocenters. The van der Waals surface area contributed by atoms with Crippen LogP contribution < -0.4 is 9.88 Å². The average Bonchev–Trinajstić information content (AvgIpc) is 2.66. The summed E-state index contributed by atoms with van der Waals surface area (Å²) in [6, 6.07) is 3.51. The van der Waals surface area contributed by atoms with E-state index >= 15 is 0 Å². The van der Waals surface area contributed by atoms with Crippen molar-refractivity contribution in [2.75, 3.05) is 0 Å². The van der Waals surface area contributed by atoms with Crippen LogP contribution in [0.15, 0.2) is 17.0 Å². The second-order valence-electron chi connectivity index (χ2n) is 4.96. The summed E-state index contributed by atoms with van der Waals surface area (Å²) in [5.41, 5.74) is 1.29. The number of benzene rings is 1. The van der Waals surface area contributed by atoms with E-state index in [0.29, 0.717) is 11.1 Å². The molecule has 0 atom stereocenters. The average molecular weight is 269 g/mol. The van der Waals surface area contributed by atoms with Crippen molar-refractivity contribution >= 4 is 10.0 Å². The number of rotatable bonds is 3. The summed E-state index contributed by atoms with van der Waals surface area (Å²) in [6.07, 6.45) is 4.84. The number of ether oxygens (including phenoxy) is 1. The Balaban J connectivity index is 2.30. The highest BCUT2D eigenvalue weighted by Gasteiger charge is 2.19. The molecule has 1 aromatic carbocycles. The second-order valence-corrected chi connectivity index (χ2v) is 6.45. The third-order valence-corrected chi connectivity index (χ3v) is 4.54. The van der Waals surface area contributed by atoms with E-state index in [-0.39, 0.29) is 11.0 Å². The van der Waals surface area contributed by atoms with Crippen LogP contribution in [-0.2, 0) is 10.0 Å². The second kappa shape index (κ2) is 4.90. The molecule has 18 heavy (non-hydrogen) atoms. The largest absolute Gasteiger partial charge is 0.490 e. The van der Waals surface area contributed by atoms with E-state index in [1.54, 1.807) is 26.0 Å². The van der Waals surface area contributed by atoms with Crippen LogP contribution in [-0.4, -0.2) is 14.5 Å². The van der Waals surface area contributed by atoms with Crippen molar-refractivity contribution in [2.24, 2.45) is 5.14 Å². The molecular weight excluding hydrogens is 250 g/mol. The van der Waals surface area contributed by atoms with Crippen molar-refractivity contribution in [1.82, 2.24) is 0 Å². The Morgan fingerprint density at radius 3 is 2.11 bits per heavy atom. The molecule has 0 saturated heterocycles. The number of hydrogen-bond donors (Lipinski definition) is 1. The monoisotopic (exact) mass is 269 g/mol. The molecule has 2 rings (SSSR count). The van der Waals surface area contributed by atoms with Crippen LogP contribution in [0.2, 0.25) is 0 Å². The first-order valence-electron chi connectivity index (χ1n) is 6.18. The first-order chi connectivity index (χ1) is 8.38. The van der Waals surface area contributed by atoms with Crippen molar-refractivity contribution in [3.8, 4) is 5.75 Å². The van der Waals surface area contributed by atoms with Gasteiger partial charge in [0.25, 0.3) is 0 Å². The number of sulfonamides is 1. The number of aryl methyl sites for hydroxylation is 2. The topological polar surface area (TPSA) is 69.4 Å². The molecule has 1 fully saturated rings. The van der Waals surface area contributed by atoms with Crippen molar-refractivity contribution in [1.29, 1.82) is 0 Å². The zero-order valence-electron chi connectivity index (χ0n) is 10.8. The zero-order valence-corrected chi connectivity index (χ0v) is 11.6. The molecule has 4 nitrogen and oxygen atoms in total. The first kappa shape index (κ1) is 13.4. The standard InChI is InChI=1S/C13H19NO3S/c1-9-7-12(17-11-5-3-4-6-11)8-10(2)13(9)18(14,15)16/h7-8,11H,3-6H2,1-2H3,(H2,14,15,16).